The number of carbonyl (C=O) groups excluding carboxylic acids is 1. The second-order valence-electron chi connectivity index (χ2n) is 5.19. The van der Waals surface area contributed by atoms with Gasteiger partial charge in [-0.1, -0.05) is 27.7 Å². The zero-order chi connectivity index (χ0) is 13.5. The summed E-state index contributed by atoms with van der Waals surface area (Å²) in [5, 5.41) is 3.88. The van der Waals surface area contributed by atoms with Gasteiger partial charge in [-0.25, -0.2) is 0 Å². The number of nitrogens with one attached hydrogen (secondary N) is 1. The molecular weight excluding hydrogens is 232 g/mol. The van der Waals surface area contributed by atoms with Crippen LogP contribution in [0.1, 0.15) is 47.5 Å². The van der Waals surface area contributed by atoms with Crippen LogP contribution in [-0.4, -0.2) is 29.0 Å². The molecule has 0 aromatic carbocycles. The molecule has 0 aliphatic rings. The van der Waals surface area contributed by atoms with Gasteiger partial charge in [-0.2, -0.15) is 11.8 Å². The third-order valence-electron chi connectivity index (χ3n) is 3.23. The Bertz CT molecular complexity index is 233. The predicted octanol–water partition coefficient (Wildman–Crippen LogP) is 2.40. The van der Waals surface area contributed by atoms with E-state index in [1.54, 1.807) is 0 Å². The average Bonchev–Trinajstić information content (AvgIpc) is 2.25. The maximum absolute atomic E-state index is 11.5. The fourth-order valence-electron chi connectivity index (χ4n) is 1.34. The van der Waals surface area contributed by atoms with E-state index in [-0.39, 0.29) is 5.91 Å². The van der Waals surface area contributed by atoms with E-state index in [1.165, 1.54) is 0 Å². The third-order valence-corrected chi connectivity index (χ3v) is 4.74. The predicted molar refractivity (Wildman–Crippen MR) is 77.3 cm³/mol. The largest absolute Gasteiger partial charge is 0.368 e. The lowest BCUT2D eigenvalue weighted by molar-refractivity contribution is -0.123. The number of nitrogens with two attached hydrogens (primary N) is 1. The number of primary amides is 1. The lowest BCUT2D eigenvalue weighted by atomic mass is 9.98. The van der Waals surface area contributed by atoms with Crippen molar-refractivity contribution in [1.82, 2.24) is 5.32 Å². The number of rotatable bonds is 9. The van der Waals surface area contributed by atoms with Gasteiger partial charge in [0.2, 0.25) is 5.91 Å². The zero-order valence-corrected chi connectivity index (χ0v) is 12.7. The van der Waals surface area contributed by atoms with Gasteiger partial charge in [-0.15, -0.1) is 0 Å². The van der Waals surface area contributed by atoms with Crippen LogP contribution in [0, 0.1) is 5.92 Å². The molecule has 17 heavy (non-hydrogen) atoms. The summed E-state index contributed by atoms with van der Waals surface area (Å²) in [5.74, 6) is 1.39. The summed E-state index contributed by atoms with van der Waals surface area (Å²) in [7, 11) is 0. The van der Waals surface area contributed by atoms with E-state index in [2.05, 4.69) is 33.0 Å². The number of carbonyl (C=O) groups is 1. The van der Waals surface area contributed by atoms with Crippen LogP contribution in [-0.2, 0) is 4.79 Å². The molecule has 0 spiro atoms. The van der Waals surface area contributed by atoms with Crippen LogP contribution >= 0.6 is 11.8 Å². The number of amides is 1. The standard InChI is InChI=1S/C13H28N2OS/c1-6-8-15-13(5,12(14)16)7-9-17-11(4)10(2)3/h10-11,15H,6-9H2,1-5H3,(H2,14,16). The summed E-state index contributed by atoms with van der Waals surface area (Å²) < 4.78 is 0. The van der Waals surface area contributed by atoms with Crippen LogP contribution in [0.5, 0.6) is 0 Å². The first kappa shape index (κ1) is 16.8. The minimum atomic E-state index is -0.556. The summed E-state index contributed by atoms with van der Waals surface area (Å²) in [6, 6.07) is 0. The molecule has 0 saturated heterocycles. The van der Waals surface area contributed by atoms with Gasteiger partial charge in [0, 0.05) is 5.25 Å². The van der Waals surface area contributed by atoms with Gasteiger partial charge in [-0.3, -0.25) is 4.79 Å². The van der Waals surface area contributed by atoms with E-state index in [4.69, 9.17) is 5.73 Å². The van der Waals surface area contributed by atoms with Gasteiger partial charge >= 0.3 is 0 Å². The van der Waals surface area contributed by atoms with E-state index < -0.39 is 5.54 Å². The van der Waals surface area contributed by atoms with Crippen molar-refractivity contribution >= 4 is 17.7 Å². The maximum Gasteiger partial charge on any atom is 0.237 e. The Kier molecular flexibility index (Phi) is 7.88. The minimum Gasteiger partial charge on any atom is -0.368 e. The molecule has 3 nitrogen and oxygen atoms in total. The molecule has 2 atom stereocenters. The Labute approximate surface area is 110 Å². The van der Waals surface area contributed by atoms with Crippen molar-refractivity contribution in [2.24, 2.45) is 11.7 Å². The zero-order valence-electron chi connectivity index (χ0n) is 11.9. The van der Waals surface area contributed by atoms with Crippen molar-refractivity contribution in [2.45, 2.75) is 58.2 Å². The Hall–Kier alpha value is -0.220. The van der Waals surface area contributed by atoms with Crippen molar-refractivity contribution in [3.05, 3.63) is 0 Å². The van der Waals surface area contributed by atoms with Gasteiger partial charge in [0.25, 0.3) is 0 Å². The minimum absolute atomic E-state index is 0.247. The van der Waals surface area contributed by atoms with Crippen LogP contribution in [0.3, 0.4) is 0 Å². The highest BCUT2D eigenvalue weighted by Crippen LogP contribution is 2.22. The lowest BCUT2D eigenvalue weighted by Gasteiger charge is -2.28. The molecule has 3 N–H and O–H groups in total. The third kappa shape index (κ3) is 6.32. The van der Waals surface area contributed by atoms with E-state index in [1.807, 2.05) is 18.7 Å². The van der Waals surface area contributed by atoms with Gasteiger partial charge in [0.1, 0.15) is 0 Å². The Morgan fingerprint density at radius 1 is 1.41 bits per heavy atom. The normalized spacial score (nSPS) is 16.8. The first-order chi connectivity index (χ1) is 7.83. The van der Waals surface area contributed by atoms with E-state index in [0.29, 0.717) is 11.2 Å². The molecule has 0 aliphatic heterocycles. The topological polar surface area (TPSA) is 55.1 Å². The monoisotopic (exact) mass is 260 g/mol. The molecule has 0 radical (unpaired) electrons. The van der Waals surface area contributed by atoms with Crippen molar-refractivity contribution in [3.8, 4) is 0 Å². The second kappa shape index (κ2) is 7.98. The number of hydrogen-bond acceptors (Lipinski definition) is 3. The smallest absolute Gasteiger partial charge is 0.237 e. The quantitative estimate of drug-likeness (QED) is 0.669. The Balaban J connectivity index is 4.13. The second-order valence-corrected chi connectivity index (χ2v) is 6.68. The summed E-state index contributed by atoms with van der Waals surface area (Å²) in [6.45, 7) is 11.5. The number of hydrogen-bond donors (Lipinski definition) is 2. The molecule has 0 bridgehead atoms. The highest BCUT2D eigenvalue weighted by Gasteiger charge is 2.29. The van der Waals surface area contributed by atoms with Crippen LogP contribution in [0.2, 0.25) is 0 Å². The molecule has 0 rings (SSSR count). The van der Waals surface area contributed by atoms with Crippen LogP contribution in [0.4, 0.5) is 0 Å². The van der Waals surface area contributed by atoms with E-state index >= 15 is 0 Å². The molecule has 102 valence electrons. The van der Waals surface area contributed by atoms with E-state index in [9.17, 15) is 4.79 Å². The van der Waals surface area contributed by atoms with Gasteiger partial charge in [-0.05, 0) is 38.0 Å². The number of thioether (sulfide) groups is 1. The molecule has 0 heterocycles. The highest BCUT2D eigenvalue weighted by atomic mass is 32.2. The Morgan fingerprint density at radius 3 is 2.41 bits per heavy atom. The Morgan fingerprint density at radius 2 is 2.00 bits per heavy atom. The first-order valence-corrected chi connectivity index (χ1v) is 7.55. The van der Waals surface area contributed by atoms with Crippen molar-refractivity contribution in [1.29, 1.82) is 0 Å². The van der Waals surface area contributed by atoms with Crippen LogP contribution < -0.4 is 11.1 Å². The fourth-order valence-corrected chi connectivity index (χ4v) is 2.62. The fraction of sp³-hybridized carbons (Fsp3) is 0.923. The van der Waals surface area contributed by atoms with Crippen molar-refractivity contribution in [3.63, 3.8) is 0 Å². The maximum atomic E-state index is 11.5. The van der Waals surface area contributed by atoms with Crippen molar-refractivity contribution in [2.75, 3.05) is 12.3 Å². The van der Waals surface area contributed by atoms with Crippen LogP contribution in [0.15, 0.2) is 0 Å². The van der Waals surface area contributed by atoms with Crippen LogP contribution in [0.25, 0.3) is 0 Å². The van der Waals surface area contributed by atoms with Gasteiger partial charge < -0.3 is 11.1 Å². The lowest BCUT2D eigenvalue weighted by Crippen LogP contribution is -2.53. The molecular formula is C13H28N2OS. The summed E-state index contributed by atoms with van der Waals surface area (Å²) in [4.78, 5) is 11.5. The molecule has 0 aliphatic carbocycles. The molecule has 4 heteroatoms. The summed E-state index contributed by atoms with van der Waals surface area (Å²) in [5.41, 5.74) is 4.92. The van der Waals surface area contributed by atoms with E-state index in [0.717, 1.165) is 25.1 Å². The summed E-state index contributed by atoms with van der Waals surface area (Å²) in [6.07, 6.45) is 1.81. The van der Waals surface area contributed by atoms with Gasteiger partial charge in [0.15, 0.2) is 0 Å². The SMILES string of the molecule is CCCNC(C)(CCSC(C)C(C)C)C(N)=O. The molecule has 0 saturated carbocycles. The first-order valence-electron chi connectivity index (χ1n) is 6.50. The average molecular weight is 260 g/mol. The molecule has 0 aromatic heterocycles. The molecule has 0 aromatic rings. The molecule has 1 amide bonds. The molecule has 0 fully saturated rings. The molecule has 2 unspecified atom stereocenters. The summed E-state index contributed by atoms with van der Waals surface area (Å²) >= 11 is 1.91. The highest BCUT2D eigenvalue weighted by molar-refractivity contribution is 7.99. The van der Waals surface area contributed by atoms with Gasteiger partial charge in [0.05, 0.1) is 5.54 Å². The van der Waals surface area contributed by atoms with Crippen molar-refractivity contribution < 1.29 is 4.79 Å².